The molecule has 0 saturated heterocycles. The number of carboxylic acids is 1. The molecule has 0 bridgehead atoms. The van der Waals surface area contributed by atoms with Gasteiger partial charge in [0.1, 0.15) is 17.4 Å². The maximum atomic E-state index is 13.2. The third kappa shape index (κ3) is 4.06. The summed E-state index contributed by atoms with van der Waals surface area (Å²) in [7, 11) is 0. The van der Waals surface area contributed by atoms with Crippen molar-refractivity contribution in [3.8, 4) is 26.8 Å². The van der Waals surface area contributed by atoms with E-state index in [0.29, 0.717) is 45.2 Å². The molecule has 5 aromatic rings. The maximum Gasteiger partial charge on any atom is 0.356 e. The van der Waals surface area contributed by atoms with Gasteiger partial charge in [0.2, 0.25) is 0 Å². The molecule has 0 unspecified atom stereocenters. The quantitative estimate of drug-likeness (QED) is 0.295. The van der Waals surface area contributed by atoms with Gasteiger partial charge < -0.3 is 9.84 Å². The molecule has 0 atom stereocenters. The van der Waals surface area contributed by atoms with Crippen LogP contribution in [0.3, 0.4) is 0 Å². The topological polar surface area (TPSA) is 105 Å². The number of hydrogen-bond acceptors (Lipinski definition) is 7. The van der Waals surface area contributed by atoms with E-state index in [-0.39, 0.29) is 11.7 Å². The van der Waals surface area contributed by atoms with Gasteiger partial charge in [-0.15, -0.1) is 11.3 Å². The number of nitrogens with zero attached hydrogens (tertiary/aromatic N) is 3. The Morgan fingerprint density at radius 1 is 0.944 bits per heavy atom. The highest BCUT2D eigenvalue weighted by molar-refractivity contribution is 7.22. The summed E-state index contributed by atoms with van der Waals surface area (Å²) in [5.74, 6) is -0.516. The minimum absolute atomic E-state index is 0.000561. The fourth-order valence-corrected chi connectivity index (χ4v) is 5.93. The molecule has 6 rings (SSSR count). The lowest BCUT2D eigenvalue weighted by atomic mass is 10.1. The van der Waals surface area contributed by atoms with Crippen LogP contribution in [0.2, 0.25) is 0 Å². The smallest absolute Gasteiger partial charge is 0.356 e. The predicted octanol–water partition coefficient (Wildman–Crippen LogP) is 6.22. The molecule has 0 radical (unpaired) electrons. The average Bonchev–Trinajstić information content (AvgIpc) is 3.53. The first-order valence-corrected chi connectivity index (χ1v) is 12.7. The van der Waals surface area contributed by atoms with Gasteiger partial charge in [-0.2, -0.15) is 0 Å². The molecule has 2 amide bonds. The number of rotatable bonds is 4. The molecule has 36 heavy (non-hydrogen) atoms. The van der Waals surface area contributed by atoms with Crippen LogP contribution in [0.15, 0.2) is 72.8 Å². The van der Waals surface area contributed by atoms with E-state index in [4.69, 9.17) is 4.74 Å². The predicted molar refractivity (Wildman–Crippen MR) is 141 cm³/mol. The number of urea groups is 1. The molecular weight excluding hydrogens is 496 g/mol. The van der Waals surface area contributed by atoms with Gasteiger partial charge in [0.25, 0.3) is 0 Å². The normalized spacial score (nSPS) is 12.7. The van der Waals surface area contributed by atoms with Crippen LogP contribution in [-0.2, 0) is 0 Å². The van der Waals surface area contributed by atoms with Gasteiger partial charge in [0, 0.05) is 5.56 Å². The van der Waals surface area contributed by atoms with E-state index in [9.17, 15) is 14.7 Å². The molecule has 3 heterocycles. The van der Waals surface area contributed by atoms with Crippen LogP contribution in [0.25, 0.3) is 31.2 Å². The van der Waals surface area contributed by atoms with Crippen molar-refractivity contribution in [2.45, 2.75) is 0 Å². The Bertz CT molecular complexity index is 1580. The van der Waals surface area contributed by atoms with Crippen molar-refractivity contribution in [1.82, 2.24) is 9.97 Å². The highest BCUT2D eigenvalue weighted by atomic mass is 32.1. The van der Waals surface area contributed by atoms with E-state index in [1.54, 1.807) is 11.0 Å². The highest BCUT2D eigenvalue weighted by Crippen LogP contribution is 2.40. The number of ether oxygens (including phenoxy) is 1. The lowest BCUT2D eigenvalue weighted by Crippen LogP contribution is -2.40. The van der Waals surface area contributed by atoms with Gasteiger partial charge in [-0.05, 0) is 35.9 Å². The van der Waals surface area contributed by atoms with E-state index >= 15 is 0 Å². The van der Waals surface area contributed by atoms with Crippen LogP contribution in [0, 0.1) is 0 Å². The van der Waals surface area contributed by atoms with E-state index in [0.717, 1.165) is 15.8 Å². The van der Waals surface area contributed by atoms with Crippen LogP contribution < -0.4 is 15.0 Å². The number of fused-ring (bicyclic) bond motifs is 2. The number of aromatic nitrogens is 2. The Morgan fingerprint density at radius 2 is 1.75 bits per heavy atom. The SMILES string of the molecule is O=C(O)c1nc(-c2ccc3c(c2)N(C(=O)Nc2nc4ccccc4s2)CCO3)sc1-c1ccccc1. The fraction of sp³-hybridized carbons (Fsp3) is 0.0769. The fourth-order valence-electron chi connectivity index (χ4n) is 4.02. The maximum absolute atomic E-state index is 13.2. The minimum atomic E-state index is -1.09. The number of carboxylic acid groups (broad SMARTS) is 1. The van der Waals surface area contributed by atoms with Crippen LogP contribution in [0.1, 0.15) is 10.5 Å². The van der Waals surface area contributed by atoms with Crippen molar-refractivity contribution in [3.05, 3.63) is 78.5 Å². The molecule has 2 aromatic heterocycles. The Hall–Kier alpha value is -4.28. The first-order valence-electron chi connectivity index (χ1n) is 11.1. The Kier molecular flexibility index (Phi) is 5.59. The number of amides is 2. The number of benzene rings is 3. The van der Waals surface area contributed by atoms with Crippen molar-refractivity contribution in [2.24, 2.45) is 0 Å². The third-order valence-electron chi connectivity index (χ3n) is 5.69. The van der Waals surface area contributed by atoms with Gasteiger partial charge >= 0.3 is 12.0 Å². The number of aromatic carboxylic acids is 1. The molecule has 8 nitrogen and oxygen atoms in total. The molecular formula is C26H18N4O4S2. The number of para-hydroxylation sites is 1. The molecule has 0 spiro atoms. The first kappa shape index (κ1) is 22.2. The number of thiazole rings is 2. The highest BCUT2D eigenvalue weighted by Gasteiger charge is 2.26. The molecule has 0 aliphatic carbocycles. The van der Waals surface area contributed by atoms with Gasteiger partial charge in [0.05, 0.1) is 27.3 Å². The Balaban J connectivity index is 1.34. The van der Waals surface area contributed by atoms with Crippen LogP contribution in [0.4, 0.5) is 15.6 Å². The van der Waals surface area contributed by atoms with Gasteiger partial charge in [-0.25, -0.2) is 19.6 Å². The standard InChI is InChI=1S/C26H18N4O4S2/c31-24(32)21-22(15-6-2-1-3-7-15)36-23(28-21)16-10-11-19-18(14-16)30(12-13-34-19)26(33)29-25-27-17-8-4-5-9-20(17)35-25/h1-11,14H,12-13H2,(H,31,32)(H,27,29,33). The third-order valence-corrected chi connectivity index (χ3v) is 7.79. The van der Waals surface area contributed by atoms with Crippen molar-refractivity contribution in [2.75, 3.05) is 23.4 Å². The van der Waals surface area contributed by atoms with E-state index in [2.05, 4.69) is 15.3 Å². The molecule has 1 aliphatic heterocycles. The first-order chi connectivity index (χ1) is 17.6. The number of carbonyl (C=O) groups is 2. The Labute approximate surface area is 213 Å². The Morgan fingerprint density at radius 3 is 2.56 bits per heavy atom. The molecule has 10 heteroatoms. The van der Waals surface area contributed by atoms with Crippen LogP contribution >= 0.6 is 22.7 Å². The number of nitrogens with one attached hydrogen (secondary N) is 1. The summed E-state index contributed by atoms with van der Waals surface area (Å²) in [5.41, 5.74) is 2.91. The second-order valence-corrected chi connectivity index (χ2v) is 10.00. The lowest BCUT2D eigenvalue weighted by molar-refractivity contribution is 0.0692. The van der Waals surface area contributed by atoms with Crippen molar-refractivity contribution in [3.63, 3.8) is 0 Å². The molecule has 0 fully saturated rings. The van der Waals surface area contributed by atoms with Crippen LogP contribution in [-0.4, -0.2) is 40.2 Å². The monoisotopic (exact) mass is 514 g/mol. The zero-order valence-electron chi connectivity index (χ0n) is 18.7. The number of carbonyl (C=O) groups excluding carboxylic acids is 1. The molecule has 178 valence electrons. The average molecular weight is 515 g/mol. The largest absolute Gasteiger partial charge is 0.490 e. The number of anilines is 2. The summed E-state index contributed by atoms with van der Waals surface area (Å²) >= 11 is 2.71. The summed E-state index contributed by atoms with van der Waals surface area (Å²) in [4.78, 5) is 36.2. The van der Waals surface area contributed by atoms with E-state index in [1.165, 1.54) is 22.7 Å². The van der Waals surface area contributed by atoms with Crippen molar-refractivity contribution < 1.29 is 19.4 Å². The summed E-state index contributed by atoms with van der Waals surface area (Å²) in [6.45, 7) is 0.721. The van der Waals surface area contributed by atoms with E-state index < -0.39 is 5.97 Å². The van der Waals surface area contributed by atoms with Crippen LogP contribution in [0.5, 0.6) is 5.75 Å². The van der Waals surface area contributed by atoms with Gasteiger partial charge in [-0.3, -0.25) is 10.2 Å². The molecule has 0 saturated carbocycles. The summed E-state index contributed by atoms with van der Waals surface area (Å²) < 4.78 is 6.77. The zero-order valence-corrected chi connectivity index (χ0v) is 20.3. The molecule has 1 aliphatic rings. The summed E-state index contributed by atoms with van der Waals surface area (Å²) in [6, 6.07) is 22.1. The lowest BCUT2D eigenvalue weighted by Gasteiger charge is -2.29. The number of hydrogen-bond donors (Lipinski definition) is 2. The summed E-state index contributed by atoms with van der Waals surface area (Å²) in [6.07, 6.45) is 0. The zero-order chi connectivity index (χ0) is 24.6. The second kappa shape index (κ2) is 9.06. The molecule has 3 aromatic carbocycles. The second-order valence-electron chi connectivity index (χ2n) is 7.97. The van der Waals surface area contributed by atoms with Gasteiger partial charge in [0.15, 0.2) is 10.8 Å². The van der Waals surface area contributed by atoms with Crippen molar-refractivity contribution in [1.29, 1.82) is 0 Å². The van der Waals surface area contributed by atoms with Gasteiger partial charge in [-0.1, -0.05) is 53.8 Å². The van der Waals surface area contributed by atoms with E-state index in [1.807, 2.05) is 66.7 Å². The molecule has 2 N–H and O–H groups in total. The summed E-state index contributed by atoms with van der Waals surface area (Å²) in [5, 5.41) is 13.7. The van der Waals surface area contributed by atoms with Crippen molar-refractivity contribution >= 4 is 55.7 Å². The minimum Gasteiger partial charge on any atom is -0.490 e.